The molecule has 3 heterocycles. The van der Waals surface area contributed by atoms with E-state index in [4.69, 9.17) is 0 Å². The lowest BCUT2D eigenvalue weighted by Gasteiger charge is -2.40. The zero-order valence-corrected chi connectivity index (χ0v) is 16.8. The van der Waals surface area contributed by atoms with E-state index in [2.05, 4.69) is 12.2 Å². The molecule has 1 aliphatic carbocycles. The first kappa shape index (κ1) is 19.7. The summed E-state index contributed by atoms with van der Waals surface area (Å²) in [6, 6.07) is 3.05. The van der Waals surface area contributed by atoms with E-state index in [0.29, 0.717) is 24.4 Å². The van der Waals surface area contributed by atoms with Gasteiger partial charge in [-0.2, -0.15) is 0 Å². The number of carbonyl (C=O) groups excluding carboxylic acids is 2. The number of carbonyl (C=O) groups is 2. The maximum atomic E-state index is 13.8. The average molecular weight is 429 g/mol. The number of aromatic hydroxyl groups is 1. The number of aromatic nitrogens is 1. The highest BCUT2D eigenvalue weighted by molar-refractivity contribution is 5.99. The van der Waals surface area contributed by atoms with E-state index in [0.717, 1.165) is 18.9 Å². The standard InChI is InChI=1S/C22H21F2N3O4/c1-10-13-4-5-16(10)27-17(13)9-26-8-14(19(28)20(29)18(26)22(27)31)21(30)25-7-11-2-3-12(23)6-15(11)24/h2-3,6,8,10,13,16-17,29H,4-5,7,9H2,1H3,(H,25,30)/t10-,13-,16+,17+/m1/s1. The Morgan fingerprint density at radius 2 is 2.00 bits per heavy atom. The molecule has 2 amide bonds. The van der Waals surface area contributed by atoms with Crippen molar-refractivity contribution in [1.29, 1.82) is 0 Å². The fourth-order valence-electron chi connectivity index (χ4n) is 5.53. The van der Waals surface area contributed by atoms with E-state index >= 15 is 0 Å². The summed E-state index contributed by atoms with van der Waals surface area (Å²) >= 11 is 0. The van der Waals surface area contributed by atoms with E-state index in [1.54, 1.807) is 4.90 Å². The van der Waals surface area contributed by atoms with Crippen molar-refractivity contribution in [3.63, 3.8) is 0 Å². The van der Waals surface area contributed by atoms with Crippen molar-refractivity contribution < 1.29 is 23.5 Å². The second-order valence-electron chi connectivity index (χ2n) is 8.59. The van der Waals surface area contributed by atoms with Gasteiger partial charge in [0.15, 0.2) is 11.4 Å². The molecule has 1 aromatic carbocycles. The minimum absolute atomic E-state index is 0.0279. The molecule has 1 aromatic heterocycles. The van der Waals surface area contributed by atoms with E-state index < -0.39 is 28.7 Å². The van der Waals surface area contributed by atoms with Crippen LogP contribution >= 0.6 is 0 Å². The molecule has 0 radical (unpaired) electrons. The van der Waals surface area contributed by atoms with Crippen LogP contribution in [0.1, 0.15) is 46.2 Å². The third-order valence-electron chi connectivity index (χ3n) is 7.06. The summed E-state index contributed by atoms with van der Waals surface area (Å²) in [4.78, 5) is 40.2. The molecule has 0 spiro atoms. The Bertz CT molecular complexity index is 1180. The molecule has 1 saturated carbocycles. The van der Waals surface area contributed by atoms with Gasteiger partial charge < -0.3 is 19.9 Å². The Balaban J connectivity index is 1.44. The van der Waals surface area contributed by atoms with Crippen molar-refractivity contribution in [2.45, 2.75) is 44.9 Å². The van der Waals surface area contributed by atoms with Gasteiger partial charge in [-0.25, -0.2) is 8.78 Å². The largest absolute Gasteiger partial charge is 0.503 e. The predicted molar refractivity (Wildman–Crippen MR) is 106 cm³/mol. The first-order chi connectivity index (χ1) is 14.8. The SMILES string of the molecule is C[C@@H]1[C@H]2CC[C@@H]1N1C(=O)c3c(O)c(=O)c(C(=O)NCc4ccc(F)cc4F)cn3C[C@@H]21. The molecule has 0 unspecified atom stereocenters. The van der Waals surface area contributed by atoms with E-state index in [1.807, 2.05) is 0 Å². The Kier molecular flexibility index (Phi) is 4.39. The number of rotatable bonds is 3. The molecule has 2 aromatic rings. The monoisotopic (exact) mass is 429 g/mol. The first-order valence-electron chi connectivity index (χ1n) is 10.3. The summed E-state index contributed by atoms with van der Waals surface area (Å²) in [6.07, 6.45) is 3.23. The molecule has 31 heavy (non-hydrogen) atoms. The van der Waals surface area contributed by atoms with E-state index in [9.17, 15) is 28.3 Å². The van der Waals surface area contributed by atoms with Crippen LogP contribution in [0.3, 0.4) is 0 Å². The maximum Gasteiger partial charge on any atom is 0.275 e. The van der Waals surface area contributed by atoms with Gasteiger partial charge >= 0.3 is 0 Å². The number of hydrogen-bond acceptors (Lipinski definition) is 4. The van der Waals surface area contributed by atoms with Crippen molar-refractivity contribution in [1.82, 2.24) is 14.8 Å². The lowest BCUT2D eigenvalue weighted by atomic mass is 9.92. The molecule has 7 nitrogen and oxygen atoms in total. The summed E-state index contributed by atoms with van der Waals surface area (Å²) in [5.74, 6) is -2.80. The highest BCUT2D eigenvalue weighted by Crippen LogP contribution is 2.49. The summed E-state index contributed by atoms with van der Waals surface area (Å²) in [7, 11) is 0. The minimum atomic E-state index is -0.951. The molecule has 3 aliphatic rings. The van der Waals surface area contributed by atoms with Gasteiger partial charge in [-0.05, 0) is 30.7 Å². The minimum Gasteiger partial charge on any atom is -0.503 e. The van der Waals surface area contributed by atoms with Crippen molar-refractivity contribution in [2.24, 2.45) is 11.8 Å². The number of piperidine rings is 1. The molecule has 5 rings (SSSR count). The fraction of sp³-hybridized carbons (Fsp3) is 0.409. The van der Waals surface area contributed by atoms with Gasteiger partial charge in [-0.1, -0.05) is 13.0 Å². The molecular weight excluding hydrogens is 408 g/mol. The Hall–Kier alpha value is -3.23. The average Bonchev–Trinajstić information content (AvgIpc) is 3.22. The van der Waals surface area contributed by atoms with Crippen LogP contribution in [0.15, 0.2) is 29.2 Å². The lowest BCUT2D eigenvalue weighted by molar-refractivity contribution is 0.0479. The zero-order chi connectivity index (χ0) is 22.0. The number of nitrogens with one attached hydrogen (secondary N) is 1. The maximum absolute atomic E-state index is 13.8. The number of pyridine rings is 1. The third kappa shape index (κ3) is 2.86. The second kappa shape index (κ2) is 6.90. The third-order valence-corrected chi connectivity index (χ3v) is 7.06. The molecule has 2 bridgehead atoms. The van der Waals surface area contributed by atoms with Crippen LogP contribution in [0.2, 0.25) is 0 Å². The quantitative estimate of drug-likeness (QED) is 0.781. The number of amides is 2. The fourth-order valence-corrected chi connectivity index (χ4v) is 5.53. The molecule has 2 fully saturated rings. The van der Waals surface area contributed by atoms with Crippen LogP contribution in [0, 0.1) is 23.5 Å². The number of nitrogens with zero attached hydrogens (tertiary/aromatic N) is 2. The number of hydrogen-bond donors (Lipinski definition) is 2. The molecular formula is C22H21F2N3O4. The van der Waals surface area contributed by atoms with Crippen molar-refractivity contribution in [3.05, 3.63) is 63.1 Å². The highest BCUT2D eigenvalue weighted by Gasteiger charge is 2.55. The van der Waals surface area contributed by atoms with Gasteiger partial charge in [0.05, 0.1) is 6.04 Å². The van der Waals surface area contributed by atoms with Gasteiger partial charge in [-0.15, -0.1) is 0 Å². The van der Waals surface area contributed by atoms with Crippen LogP contribution < -0.4 is 10.7 Å². The smallest absolute Gasteiger partial charge is 0.275 e. The predicted octanol–water partition coefficient (Wildman–Crippen LogP) is 2.01. The van der Waals surface area contributed by atoms with Crippen molar-refractivity contribution >= 4 is 11.8 Å². The number of fused-ring (bicyclic) bond motifs is 6. The van der Waals surface area contributed by atoms with Crippen LogP contribution in [0.4, 0.5) is 8.78 Å². The Labute approximate surface area is 176 Å². The molecule has 162 valence electrons. The molecule has 2 N–H and O–H groups in total. The summed E-state index contributed by atoms with van der Waals surface area (Å²) in [6.45, 7) is 2.26. The van der Waals surface area contributed by atoms with Crippen molar-refractivity contribution in [3.8, 4) is 5.75 Å². The summed E-state index contributed by atoms with van der Waals surface area (Å²) < 4.78 is 28.3. The second-order valence-corrected chi connectivity index (χ2v) is 8.59. The number of halogens is 2. The van der Waals surface area contributed by atoms with Gasteiger partial charge in [0.1, 0.15) is 17.2 Å². The van der Waals surface area contributed by atoms with E-state index in [1.165, 1.54) is 16.8 Å². The van der Waals surface area contributed by atoms with Crippen LogP contribution in [-0.4, -0.2) is 38.5 Å². The van der Waals surface area contributed by atoms with Crippen LogP contribution in [0.5, 0.6) is 5.75 Å². The molecule has 2 aliphatic heterocycles. The topological polar surface area (TPSA) is 91.6 Å². The molecule has 1 saturated heterocycles. The summed E-state index contributed by atoms with van der Waals surface area (Å²) in [5.41, 5.74) is -1.32. The lowest BCUT2D eigenvalue weighted by Crippen LogP contribution is -2.52. The normalized spacial score (nSPS) is 26.0. The zero-order valence-electron chi connectivity index (χ0n) is 16.8. The van der Waals surface area contributed by atoms with Gasteiger partial charge in [-0.3, -0.25) is 14.4 Å². The van der Waals surface area contributed by atoms with Gasteiger partial charge in [0.2, 0.25) is 5.43 Å². The molecule has 9 heteroatoms. The Morgan fingerprint density at radius 1 is 1.23 bits per heavy atom. The van der Waals surface area contributed by atoms with Crippen LogP contribution in [-0.2, 0) is 13.1 Å². The van der Waals surface area contributed by atoms with Crippen molar-refractivity contribution in [2.75, 3.05) is 0 Å². The van der Waals surface area contributed by atoms with Gasteiger partial charge in [0, 0.05) is 37.0 Å². The number of benzene rings is 1. The summed E-state index contributed by atoms with van der Waals surface area (Å²) in [5, 5.41) is 12.9. The van der Waals surface area contributed by atoms with Crippen LogP contribution in [0.25, 0.3) is 0 Å². The van der Waals surface area contributed by atoms with Gasteiger partial charge in [0.25, 0.3) is 11.8 Å². The molecule has 4 atom stereocenters. The Morgan fingerprint density at radius 3 is 2.74 bits per heavy atom. The first-order valence-corrected chi connectivity index (χ1v) is 10.3. The highest BCUT2D eigenvalue weighted by atomic mass is 19.1. The van der Waals surface area contributed by atoms with E-state index in [-0.39, 0.29) is 41.4 Å².